The summed E-state index contributed by atoms with van der Waals surface area (Å²) in [7, 11) is 0. The molecule has 1 amide bonds. The molecule has 1 aliphatic rings. The predicted octanol–water partition coefficient (Wildman–Crippen LogP) is 2.72. The molecule has 1 aliphatic carbocycles. The first-order valence-electron chi connectivity index (χ1n) is 7.86. The van der Waals surface area contributed by atoms with Crippen LogP contribution in [0.2, 0.25) is 0 Å². The van der Waals surface area contributed by atoms with Crippen molar-refractivity contribution in [1.29, 1.82) is 5.26 Å². The highest BCUT2D eigenvalue weighted by Crippen LogP contribution is 2.27. The summed E-state index contributed by atoms with van der Waals surface area (Å²) in [6.45, 7) is -0.435. The van der Waals surface area contributed by atoms with E-state index < -0.39 is 24.0 Å². The van der Waals surface area contributed by atoms with Crippen molar-refractivity contribution in [3.8, 4) is 6.07 Å². The van der Waals surface area contributed by atoms with Crippen molar-refractivity contribution in [2.75, 3.05) is 6.61 Å². The number of hydrogen-bond donors (Lipinski definition) is 1. The molecule has 24 heavy (non-hydrogen) atoms. The van der Waals surface area contributed by atoms with Crippen molar-refractivity contribution in [2.24, 2.45) is 0 Å². The fourth-order valence-electron chi connectivity index (χ4n) is 2.65. The second-order valence-corrected chi connectivity index (χ2v) is 5.80. The van der Waals surface area contributed by atoms with Crippen molar-refractivity contribution in [1.82, 2.24) is 5.32 Å². The van der Waals surface area contributed by atoms with Gasteiger partial charge < -0.3 is 10.1 Å². The van der Waals surface area contributed by atoms with Crippen LogP contribution in [0.1, 0.15) is 37.7 Å². The lowest BCUT2D eigenvalue weighted by molar-refractivity contribution is -0.144. The number of nitrogens with one attached hydrogen (secondary N) is 1. The fourth-order valence-corrected chi connectivity index (χ4v) is 2.65. The Morgan fingerprint density at radius 2 is 1.92 bits per heavy atom. The molecule has 6 heteroatoms. The van der Waals surface area contributed by atoms with Crippen LogP contribution in [0.25, 0.3) is 6.08 Å². The number of carbonyl (C=O) groups is 2. The minimum absolute atomic E-state index is 0.361. The molecule has 5 nitrogen and oxygen atoms in total. The Morgan fingerprint density at radius 1 is 1.25 bits per heavy atom. The van der Waals surface area contributed by atoms with Crippen LogP contribution in [0.4, 0.5) is 4.39 Å². The van der Waals surface area contributed by atoms with E-state index >= 15 is 0 Å². The maximum atomic E-state index is 12.8. The zero-order chi connectivity index (χ0) is 17.4. The third-order valence-corrected chi connectivity index (χ3v) is 3.93. The van der Waals surface area contributed by atoms with E-state index in [0.29, 0.717) is 18.4 Å². The van der Waals surface area contributed by atoms with Crippen molar-refractivity contribution in [3.63, 3.8) is 0 Å². The van der Waals surface area contributed by atoms with E-state index in [1.165, 1.54) is 36.4 Å². The third kappa shape index (κ3) is 5.20. The maximum absolute atomic E-state index is 12.8. The smallest absolute Gasteiger partial charge is 0.331 e. The number of carbonyl (C=O) groups excluding carboxylic acids is 2. The first kappa shape index (κ1) is 17.7. The van der Waals surface area contributed by atoms with Crippen LogP contribution in [0.3, 0.4) is 0 Å². The number of halogens is 1. The van der Waals surface area contributed by atoms with Gasteiger partial charge in [-0.2, -0.15) is 5.26 Å². The van der Waals surface area contributed by atoms with Crippen LogP contribution in [0, 0.1) is 17.1 Å². The normalized spacial score (nSPS) is 16.3. The number of benzene rings is 1. The molecule has 0 unspecified atom stereocenters. The van der Waals surface area contributed by atoms with Gasteiger partial charge in [-0.15, -0.1) is 0 Å². The maximum Gasteiger partial charge on any atom is 0.331 e. The number of rotatable bonds is 5. The molecule has 0 spiro atoms. The SMILES string of the molecule is N#CC1(NC(=O)COC(=O)/C=C/c2ccc(F)cc2)CCCCC1. The number of amides is 1. The average molecular weight is 330 g/mol. The van der Waals surface area contributed by atoms with E-state index in [1.54, 1.807) is 0 Å². The van der Waals surface area contributed by atoms with Crippen LogP contribution in [0.5, 0.6) is 0 Å². The second kappa shape index (κ2) is 8.25. The quantitative estimate of drug-likeness (QED) is 0.665. The molecule has 1 saturated carbocycles. The first-order valence-corrected chi connectivity index (χ1v) is 7.86. The van der Waals surface area contributed by atoms with E-state index in [1.807, 2.05) is 0 Å². The lowest BCUT2D eigenvalue weighted by atomic mass is 9.83. The van der Waals surface area contributed by atoms with Crippen LogP contribution >= 0.6 is 0 Å². The minimum Gasteiger partial charge on any atom is -0.452 e. The van der Waals surface area contributed by atoms with Crippen LogP contribution in [0.15, 0.2) is 30.3 Å². The summed E-state index contributed by atoms with van der Waals surface area (Å²) in [6.07, 6.45) is 6.73. The number of nitrogens with zero attached hydrogens (tertiary/aromatic N) is 1. The van der Waals surface area contributed by atoms with Crippen molar-refractivity contribution < 1.29 is 18.7 Å². The summed E-state index contributed by atoms with van der Waals surface area (Å²) >= 11 is 0. The van der Waals surface area contributed by atoms with Crippen molar-refractivity contribution >= 4 is 18.0 Å². The summed E-state index contributed by atoms with van der Waals surface area (Å²) in [4.78, 5) is 23.5. The second-order valence-electron chi connectivity index (χ2n) is 5.80. The molecule has 0 atom stereocenters. The topological polar surface area (TPSA) is 79.2 Å². The molecule has 1 fully saturated rings. The fraction of sp³-hybridized carbons (Fsp3) is 0.389. The predicted molar refractivity (Wildman–Crippen MR) is 86.0 cm³/mol. The summed E-state index contributed by atoms with van der Waals surface area (Å²) in [5, 5.41) is 12.0. The van der Waals surface area contributed by atoms with Crippen LogP contribution in [-0.4, -0.2) is 24.0 Å². The van der Waals surface area contributed by atoms with Gasteiger partial charge in [0.15, 0.2) is 6.61 Å². The summed E-state index contributed by atoms with van der Waals surface area (Å²) in [6, 6.07) is 7.77. The molecule has 0 aliphatic heterocycles. The Hall–Kier alpha value is -2.68. The van der Waals surface area contributed by atoms with Crippen LogP contribution in [-0.2, 0) is 14.3 Å². The van der Waals surface area contributed by atoms with E-state index in [0.717, 1.165) is 19.3 Å². The molecule has 126 valence electrons. The number of ether oxygens (including phenoxy) is 1. The molecule has 0 aromatic heterocycles. The monoisotopic (exact) mass is 330 g/mol. The molecule has 0 saturated heterocycles. The highest BCUT2D eigenvalue weighted by molar-refractivity contribution is 5.89. The van der Waals surface area contributed by atoms with Gasteiger partial charge in [-0.25, -0.2) is 9.18 Å². The molecule has 0 radical (unpaired) electrons. The van der Waals surface area contributed by atoms with E-state index in [9.17, 15) is 19.2 Å². The highest BCUT2D eigenvalue weighted by Gasteiger charge is 2.33. The molecule has 2 rings (SSSR count). The van der Waals surface area contributed by atoms with Gasteiger partial charge in [-0.05, 0) is 36.6 Å². The highest BCUT2D eigenvalue weighted by atomic mass is 19.1. The molecule has 1 aromatic rings. The largest absolute Gasteiger partial charge is 0.452 e. The molecular formula is C18H19FN2O3. The van der Waals surface area contributed by atoms with Gasteiger partial charge in [0, 0.05) is 6.08 Å². The van der Waals surface area contributed by atoms with Gasteiger partial charge in [0.05, 0.1) is 6.07 Å². The lowest BCUT2D eigenvalue weighted by Gasteiger charge is -2.31. The Kier molecular flexibility index (Phi) is 6.07. The molecule has 1 aromatic carbocycles. The average Bonchev–Trinajstić information content (AvgIpc) is 2.60. The Morgan fingerprint density at radius 3 is 2.54 bits per heavy atom. The van der Waals surface area contributed by atoms with E-state index in [4.69, 9.17) is 4.74 Å². The first-order chi connectivity index (χ1) is 11.5. The summed E-state index contributed by atoms with van der Waals surface area (Å²) in [5.74, 6) is -1.52. The zero-order valence-electron chi connectivity index (χ0n) is 13.3. The minimum atomic E-state index is -0.842. The Balaban J connectivity index is 1.79. The standard InChI is InChI=1S/C18H19FN2O3/c19-15-7-4-14(5-8-15)6-9-17(23)24-12-16(22)21-18(13-20)10-2-1-3-11-18/h4-9H,1-3,10-12H2,(H,21,22)/b9-6+. The molecule has 0 bridgehead atoms. The van der Waals surface area contributed by atoms with Crippen LogP contribution < -0.4 is 5.32 Å². The molecular weight excluding hydrogens is 311 g/mol. The van der Waals surface area contributed by atoms with Gasteiger partial charge in [0.2, 0.25) is 0 Å². The zero-order valence-corrected chi connectivity index (χ0v) is 13.3. The van der Waals surface area contributed by atoms with E-state index in [-0.39, 0.29) is 5.82 Å². The van der Waals surface area contributed by atoms with Gasteiger partial charge in [0.25, 0.3) is 5.91 Å². The van der Waals surface area contributed by atoms with Crippen molar-refractivity contribution in [3.05, 3.63) is 41.7 Å². The molecule has 1 N–H and O–H groups in total. The van der Waals surface area contributed by atoms with E-state index in [2.05, 4.69) is 11.4 Å². The Labute approximate surface area is 140 Å². The van der Waals surface area contributed by atoms with Crippen molar-refractivity contribution in [2.45, 2.75) is 37.6 Å². The number of esters is 1. The number of nitriles is 1. The number of hydrogen-bond acceptors (Lipinski definition) is 4. The van der Waals surface area contributed by atoms with Gasteiger partial charge in [-0.1, -0.05) is 31.4 Å². The summed E-state index contributed by atoms with van der Waals surface area (Å²) < 4.78 is 17.6. The van der Waals surface area contributed by atoms with Gasteiger partial charge >= 0.3 is 5.97 Å². The summed E-state index contributed by atoms with van der Waals surface area (Å²) in [5.41, 5.74) is -0.200. The van der Waals surface area contributed by atoms with Gasteiger partial charge in [0.1, 0.15) is 11.4 Å². The third-order valence-electron chi connectivity index (χ3n) is 3.93. The Bertz CT molecular complexity index is 656. The van der Waals surface area contributed by atoms with Gasteiger partial charge in [-0.3, -0.25) is 4.79 Å². The lowest BCUT2D eigenvalue weighted by Crippen LogP contribution is -2.49. The molecule has 0 heterocycles.